The van der Waals surface area contributed by atoms with Gasteiger partial charge in [-0.15, -0.1) is 11.3 Å². The molecule has 3 aromatic heterocycles. The summed E-state index contributed by atoms with van der Waals surface area (Å²) >= 11 is 1.70. The van der Waals surface area contributed by atoms with Gasteiger partial charge < -0.3 is 0 Å². The first-order valence-corrected chi connectivity index (χ1v) is 7.72. The number of nitrogens with zero attached hydrogens (tertiary/aromatic N) is 3. The van der Waals surface area contributed by atoms with Crippen LogP contribution in [0.15, 0.2) is 40.8 Å². The van der Waals surface area contributed by atoms with E-state index in [4.69, 9.17) is 4.99 Å². The average molecular weight is 299 g/mol. The molecule has 3 nitrogen and oxygen atoms in total. The zero-order valence-electron chi connectivity index (χ0n) is 11.8. The molecular weight excluding hydrogens is 285 g/mol. The number of aromatic nitrogens is 2. The standard InChI is InChI=1S/C16H14FN3S/c1-16(2)8-10-5-6-21-15(10)14(19-16)11-7-12-3-4-13(17)20(12)18-9-11/h3-7,9H,8H2,1-2H3. The van der Waals surface area contributed by atoms with E-state index < -0.39 is 0 Å². The van der Waals surface area contributed by atoms with Crippen LogP contribution in [0.5, 0.6) is 0 Å². The summed E-state index contributed by atoms with van der Waals surface area (Å²) in [6, 6.07) is 7.27. The summed E-state index contributed by atoms with van der Waals surface area (Å²) < 4.78 is 14.8. The van der Waals surface area contributed by atoms with Gasteiger partial charge in [0, 0.05) is 5.56 Å². The molecule has 106 valence electrons. The molecular formula is C16H14FN3S. The molecule has 4 rings (SSSR count). The normalized spacial score (nSPS) is 16.8. The molecule has 0 fully saturated rings. The van der Waals surface area contributed by atoms with Gasteiger partial charge in [-0.25, -0.2) is 4.52 Å². The Labute approximate surface area is 125 Å². The number of hydrogen-bond acceptors (Lipinski definition) is 3. The van der Waals surface area contributed by atoms with Gasteiger partial charge in [-0.1, -0.05) is 0 Å². The molecule has 0 saturated carbocycles. The molecule has 0 spiro atoms. The fourth-order valence-corrected chi connectivity index (χ4v) is 3.77. The number of fused-ring (bicyclic) bond motifs is 2. The summed E-state index contributed by atoms with van der Waals surface area (Å²) in [6.45, 7) is 4.27. The van der Waals surface area contributed by atoms with Crippen LogP contribution in [0.3, 0.4) is 0 Å². The summed E-state index contributed by atoms with van der Waals surface area (Å²) in [6.07, 6.45) is 2.64. The predicted octanol–water partition coefficient (Wildman–Crippen LogP) is 3.71. The van der Waals surface area contributed by atoms with Crippen LogP contribution in [-0.4, -0.2) is 20.9 Å². The average Bonchev–Trinajstić information content (AvgIpc) is 3.03. The smallest absolute Gasteiger partial charge is 0.214 e. The van der Waals surface area contributed by atoms with Crippen molar-refractivity contribution in [1.82, 2.24) is 9.61 Å². The highest BCUT2D eigenvalue weighted by atomic mass is 32.1. The lowest BCUT2D eigenvalue weighted by atomic mass is 9.90. The number of thiophene rings is 1. The number of aliphatic imine (C=N–C) groups is 1. The Kier molecular flexibility index (Phi) is 2.57. The summed E-state index contributed by atoms with van der Waals surface area (Å²) in [5.74, 6) is -0.348. The number of hydrogen-bond donors (Lipinski definition) is 0. The molecule has 5 heteroatoms. The Morgan fingerprint density at radius 2 is 2.14 bits per heavy atom. The Morgan fingerprint density at radius 3 is 3.00 bits per heavy atom. The molecule has 0 unspecified atom stereocenters. The monoisotopic (exact) mass is 299 g/mol. The lowest BCUT2D eigenvalue weighted by molar-refractivity contribution is 0.515. The first kappa shape index (κ1) is 12.7. The van der Waals surface area contributed by atoms with E-state index in [1.165, 1.54) is 21.0 Å². The molecule has 1 aliphatic rings. The van der Waals surface area contributed by atoms with Crippen LogP contribution in [-0.2, 0) is 6.42 Å². The van der Waals surface area contributed by atoms with Crippen LogP contribution in [0, 0.1) is 5.95 Å². The van der Waals surface area contributed by atoms with Crippen molar-refractivity contribution in [2.24, 2.45) is 4.99 Å². The highest BCUT2D eigenvalue weighted by Gasteiger charge is 2.28. The van der Waals surface area contributed by atoms with Crippen molar-refractivity contribution in [1.29, 1.82) is 0 Å². The Hall–Kier alpha value is -2.01. The third kappa shape index (κ3) is 2.00. The van der Waals surface area contributed by atoms with E-state index in [2.05, 4.69) is 30.4 Å². The summed E-state index contributed by atoms with van der Waals surface area (Å²) in [5.41, 5.74) is 3.86. The highest BCUT2D eigenvalue weighted by molar-refractivity contribution is 7.12. The molecule has 0 saturated heterocycles. The molecule has 0 atom stereocenters. The van der Waals surface area contributed by atoms with Gasteiger partial charge in [-0.05, 0) is 55.5 Å². The Morgan fingerprint density at radius 1 is 1.29 bits per heavy atom. The molecule has 0 aromatic carbocycles. The minimum absolute atomic E-state index is 0.122. The van der Waals surface area contributed by atoms with Crippen molar-refractivity contribution in [3.8, 4) is 0 Å². The lowest BCUT2D eigenvalue weighted by Gasteiger charge is -2.27. The van der Waals surface area contributed by atoms with Gasteiger partial charge in [-0.3, -0.25) is 4.99 Å². The van der Waals surface area contributed by atoms with Crippen molar-refractivity contribution < 1.29 is 4.39 Å². The molecule has 3 aromatic rings. The maximum atomic E-state index is 13.5. The van der Waals surface area contributed by atoms with E-state index in [1.54, 1.807) is 23.6 Å². The third-order valence-electron chi connectivity index (χ3n) is 3.73. The number of halogens is 1. The molecule has 0 radical (unpaired) electrons. The summed E-state index contributed by atoms with van der Waals surface area (Å²) in [5, 5.41) is 6.29. The quantitative estimate of drug-likeness (QED) is 0.673. The van der Waals surface area contributed by atoms with Crippen LogP contribution < -0.4 is 0 Å². The van der Waals surface area contributed by atoms with Crippen molar-refractivity contribution in [2.45, 2.75) is 25.8 Å². The second-order valence-electron chi connectivity index (χ2n) is 5.96. The second-order valence-corrected chi connectivity index (χ2v) is 6.88. The predicted molar refractivity (Wildman–Crippen MR) is 82.9 cm³/mol. The van der Waals surface area contributed by atoms with Gasteiger partial charge >= 0.3 is 0 Å². The van der Waals surface area contributed by atoms with Crippen molar-refractivity contribution in [3.63, 3.8) is 0 Å². The topological polar surface area (TPSA) is 29.7 Å². The molecule has 0 N–H and O–H groups in total. The SMILES string of the molecule is CC1(C)Cc2ccsc2C(c2cnn3c(F)ccc3c2)=N1. The lowest BCUT2D eigenvalue weighted by Crippen LogP contribution is -2.28. The van der Waals surface area contributed by atoms with Crippen LogP contribution in [0.2, 0.25) is 0 Å². The number of rotatable bonds is 1. The molecule has 1 aliphatic heterocycles. The van der Waals surface area contributed by atoms with Crippen LogP contribution in [0.25, 0.3) is 5.52 Å². The first-order valence-electron chi connectivity index (χ1n) is 6.84. The maximum Gasteiger partial charge on any atom is 0.214 e. The molecule has 0 bridgehead atoms. The van der Waals surface area contributed by atoms with E-state index >= 15 is 0 Å². The summed E-state index contributed by atoms with van der Waals surface area (Å²) in [7, 11) is 0. The maximum absolute atomic E-state index is 13.5. The van der Waals surface area contributed by atoms with Crippen LogP contribution in [0.1, 0.15) is 29.9 Å². The fraction of sp³-hybridized carbons (Fsp3) is 0.250. The van der Waals surface area contributed by atoms with Gasteiger partial charge in [0.25, 0.3) is 0 Å². The Bertz CT molecular complexity index is 873. The van der Waals surface area contributed by atoms with Gasteiger partial charge in [0.1, 0.15) is 0 Å². The van der Waals surface area contributed by atoms with Gasteiger partial charge in [0.15, 0.2) is 0 Å². The van der Waals surface area contributed by atoms with E-state index in [0.29, 0.717) is 0 Å². The zero-order valence-corrected chi connectivity index (χ0v) is 12.6. The molecule has 4 heterocycles. The van der Waals surface area contributed by atoms with E-state index in [0.717, 1.165) is 23.2 Å². The highest BCUT2D eigenvalue weighted by Crippen LogP contribution is 2.32. The zero-order chi connectivity index (χ0) is 14.6. The molecule has 0 aliphatic carbocycles. The largest absolute Gasteiger partial charge is 0.277 e. The first-order chi connectivity index (χ1) is 10.0. The summed E-state index contributed by atoms with van der Waals surface area (Å²) in [4.78, 5) is 6.10. The van der Waals surface area contributed by atoms with Gasteiger partial charge in [0.2, 0.25) is 5.95 Å². The van der Waals surface area contributed by atoms with Crippen molar-refractivity contribution >= 4 is 22.6 Å². The van der Waals surface area contributed by atoms with Gasteiger partial charge in [-0.2, -0.15) is 9.49 Å². The van der Waals surface area contributed by atoms with Crippen molar-refractivity contribution in [3.05, 3.63) is 57.8 Å². The van der Waals surface area contributed by atoms with Crippen molar-refractivity contribution in [2.75, 3.05) is 0 Å². The Balaban J connectivity index is 1.92. The minimum Gasteiger partial charge on any atom is -0.277 e. The van der Waals surface area contributed by atoms with Crippen LogP contribution >= 0.6 is 11.3 Å². The minimum atomic E-state index is -0.348. The third-order valence-corrected chi connectivity index (χ3v) is 4.69. The van der Waals surface area contributed by atoms with E-state index in [9.17, 15) is 4.39 Å². The van der Waals surface area contributed by atoms with Crippen LogP contribution in [0.4, 0.5) is 4.39 Å². The van der Waals surface area contributed by atoms with Gasteiger partial charge in [0.05, 0.1) is 27.8 Å². The molecule has 21 heavy (non-hydrogen) atoms. The fourth-order valence-electron chi connectivity index (χ4n) is 2.83. The second kappa shape index (κ2) is 4.24. The van der Waals surface area contributed by atoms with E-state index in [-0.39, 0.29) is 11.5 Å². The molecule has 0 amide bonds. The van der Waals surface area contributed by atoms with E-state index in [1.807, 2.05) is 6.07 Å².